The van der Waals surface area contributed by atoms with E-state index in [9.17, 15) is 8.60 Å². The van der Waals surface area contributed by atoms with Crippen LogP contribution in [0.5, 0.6) is 5.75 Å². The number of benzene rings is 1. The number of rotatable bonds is 6. The smallest absolute Gasteiger partial charge is 0.123 e. The first-order valence-corrected chi connectivity index (χ1v) is 8.98. The van der Waals surface area contributed by atoms with E-state index in [0.29, 0.717) is 23.0 Å². The van der Waals surface area contributed by atoms with Crippen molar-refractivity contribution in [3.63, 3.8) is 0 Å². The van der Waals surface area contributed by atoms with Gasteiger partial charge in [0.2, 0.25) is 0 Å². The van der Waals surface area contributed by atoms with Crippen LogP contribution in [0.4, 0.5) is 4.39 Å². The van der Waals surface area contributed by atoms with Crippen molar-refractivity contribution in [3.05, 3.63) is 45.7 Å². The van der Waals surface area contributed by atoms with E-state index in [2.05, 4.69) is 18.8 Å². The van der Waals surface area contributed by atoms with Gasteiger partial charge in [-0.05, 0) is 18.2 Å². The lowest BCUT2D eigenvalue weighted by Crippen LogP contribution is -2.02. The van der Waals surface area contributed by atoms with Crippen molar-refractivity contribution in [2.45, 2.75) is 31.3 Å². The second-order valence-electron chi connectivity index (χ2n) is 5.02. The largest absolute Gasteiger partial charge is 0.496 e. The zero-order chi connectivity index (χ0) is 15.4. The Kier molecular flexibility index (Phi) is 5.47. The molecule has 114 valence electrons. The second kappa shape index (κ2) is 7.13. The normalized spacial score (nSPS) is 12.6. The van der Waals surface area contributed by atoms with Crippen LogP contribution < -0.4 is 4.74 Å². The minimum absolute atomic E-state index is 0.259. The Bertz CT molecular complexity index is 640. The minimum Gasteiger partial charge on any atom is -0.496 e. The van der Waals surface area contributed by atoms with Gasteiger partial charge in [-0.25, -0.2) is 9.37 Å². The average molecular weight is 327 g/mol. The summed E-state index contributed by atoms with van der Waals surface area (Å²) in [5.41, 5.74) is 1.45. The van der Waals surface area contributed by atoms with Gasteiger partial charge in [-0.3, -0.25) is 4.21 Å². The van der Waals surface area contributed by atoms with Crippen molar-refractivity contribution in [2.24, 2.45) is 0 Å². The highest BCUT2D eigenvalue weighted by molar-refractivity contribution is 7.83. The molecule has 0 saturated carbocycles. The number of hydrogen-bond acceptors (Lipinski definition) is 4. The molecule has 0 radical (unpaired) electrons. The first-order valence-electron chi connectivity index (χ1n) is 6.61. The van der Waals surface area contributed by atoms with Gasteiger partial charge in [0.25, 0.3) is 0 Å². The maximum Gasteiger partial charge on any atom is 0.123 e. The molecule has 0 saturated heterocycles. The molecule has 0 N–H and O–H groups in total. The average Bonchev–Trinajstić information content (AvgIpc) is 2.87. The topological polar surface area (TPSA) is 39.2 Å². The van der Waals surface area contributed by atoms with Crippen LogP contribution in [-0.2, 0) is 22.3 Å². The Labute approximate surface area is 130 Å². The van der Waals surface area contributed by atoms with Gasteiger partial charge in [-0.15, -0.1) is 11.3 Å². The fourth-order valence-corrected chi connectivity index (χ4v) is 4.00. The van der Waals surface area contributed by atoms with E-state index in [-0.39, 0.29) is 11.6 Å². The Morgan fingerprint density at radius 3 is 2.76 bits per heavy atom. The lowest BCUT2D eigenvalue weighted by molar-refractivity contribution is 0.410. The standard InChI is InChI=1S/C15H18FNO2S2/c1-10(2)15-17-13(7-20-15)9-21(18)8-11-6-12(16)4-5-14(11)19-3/h4-7,10H,8-9H2,1-3H3/t21-/m1/s1. The molecule has 3 nitrogen and oxygen atoms in total. The lowest BCUT2D eigenvalue weighted by Gasteiger charge is -2.08. The fraction of sp³-hybridized carbons (Fsp3) is 0.400. The summed E-state index contributed by atoms with van der Waals surface area (Å²) in [6.07, 6.45) is 0. The Morgan fingerprint density at radius 2 is 2.14 bits per heavy atom. The number of thiazole rings is 1. The van der Waals surface area contributed by atoms with Gasteiger partial charge in [0.05, 0.1) is 29.3 Å². The van der Waals surface area contributed by atoms with Gasteiger partial charge < -0.3 is 4.74 Å². The molecule has 0 unspecified atom stereocenters. The van der Waals surface area contributed by atoms with E-state index < -0.39 is 10.8 Å². The molecule has 0 spiro atoms. The van der Waals surface area contributed by atoms with E-state index in [1.807, 2.05) is 5.38 Å². The van der Waals surface area contributed by atoms with Crippen molar-refractivity contribution in [1.82, 2.24) is 4.98 Å². The van der Waals surface area contributed by atoms with Gasteiger partial charge in [0.15, 0.2) is 0 Å². The van der Waals surface area contributed by atoms with E-state index in [0.717, 1.165) is 10.7 Å². The van der Waals surface area contributed by atoms with Gasteiger partial charge in [-0.2, -0.15) is 0 Å². The fourth-order valence-electron chi connectivity index (χ4n) is 1.90. The molecule has 21 heavy (non-hydrogen) atoms. The number of halogens is 1. The summed E-state index contributed by atoms with van der Waals surface area (Å²) in [6.45, 7) is 4.16. The van der Waals surface area contributed by atoms with Crippen LogP contribution in [0.2, 0.25) is 0 Å². The molecule has 1 heterocycles. The molecule has 0 fully saturated rings. The van der Waals surface area contributed by atoms with Crippen molar-refractivity contribution >= 4 is 22.1 Å². The first kappa shape index (κ1) is 16.1. The quantitative estimate of drug-likeness (QED) is 0.808. The number of nitrogens with zero attached hydrogens (tertiary/aromatic N) is 1. The summed E-state index contributed by atoms with van der Waals surface area (Å²) < 4.78 is 30.7. The number of methoxy groups -OCH3 is 1. The molecule has 1 aromatic heterocycles. The molecule has 0 amide bonds. The van der Waals surface area contributed by atoms with E-state index in [1.165, 1.54) is 19.2 Å². The van der Waals surface area contributed by atoms with Crippen LogP contribution in [0.15, 0.2) is 23.6 Å². The van der Waals surface area contributed by atoms with Crippen LogP contribution in [0.1, 0.15) is 36.0 Å². The number of aromatic nitrogens is 1. The highest BCUT2D eigenvalue weighted by atomic mass is 32.2. The molecular formula is C15H18FNO2S2. The number of ether oxygens (including phenoxy) is 1. The second-order valence-corrected chi connectivity index (χ2v) is 7.36. The summed E-state index contributed by atoms with van der Waals surface area (Å²) in [5, 5.41) is 2.99. The number of hydrogen-bond donors (Lipinski definition) is 0. The highest BCUT2D eigenvalue weighted by Crippen LogP contribution is 2.23. The molecule has 2 aromatic rings. The van der Waals surface area contributed by atoms with Crippen molar-refractivity contribution in [1.29, 1.82) is 0 Å². The van der Waals surface area contributed by atoms with Gasteiger partial charge in [0, 0.05) is 27.7 Å². The molecular weight excluding hydrogens is 309 g/mol. The Balaban J connectivity index is 2.06. The molecule has 0 aliphatic heterocycles. The molecule has 0 bridgehead atoms. The molecule has 0 aliphatic rings. The van der Waals surface area contributed by atoms with Gasteiger partial charge in [-0.1, -0.05) is 13.8 Å². The monoisotopic (exact) mass is 327 g/mol. The van der Waals surface area contributed by atoms with Crippen LogP contribution in [0, 0.1) is 5.82 Å². The van der Waals surface area contributed by atoms with Crippen molar-refractivity contribution in [2.75, 3.05) is 7.11 Å². The zero-order valence-corrected chi connectivity index (χ0v) is 13.9. The van der Waals surface area contributed by atoms with Gasteiger partial charge >= 0.3 is 0 Å². The highest BCUT2D eigenvalue weighted by Gasteiger charge is 2.12. The maximum absolute atomic E-state index is 13.3. The summed E-state index contributed by atoms with van der Waals surface area (Å²) in [4.78, 5) is 4.47. The van der Waals surface area contributed by atoms with Crippen molar-refractivity contribution < 1.29 is 13.3 Å². The molecule has 2 rings (SSSR count). The van der Waals surface area contributed by atoms with E-state index in [1.54, 1.807) is 17.4 Å². The van der Waals surface area contributed by atoms with Crippen LogP contribution in [0.3, 0.4) is 0 Å². The summed E-state index contributed by atoms with van der Waals surface area (Å²) in [5.74, 6) is 1.23. The predicted octanol–water partition coefficient (Wildman–Crippen LogP) is 3.86. The summed E-state index contributed by atoms with van der Waals surface area (Å²) >= 11 is 1.59. The molecule has 1 atom stereocenters. The van der Waals surface area contributed by atoms with Gasteiger partial charge in [0.1, 0.15) is 11.6 Å². The third kappa shape index (κ3) is 4.35. The van der Waals surface area contributed by atoms with E-state index in [4.69, 9.17) is 4.74 Å². The molecule has 0 aliphatic carbocycles. The maximum atomic E-state index is 13.3. The van der Waals surface area contributed by atoms with Crippen molar-refractivity contribution in [3.8, 4) is 5.75 Å². The third-order valence-electron chi connectivity index (χ3n) is 2.93. The van der Waals surface area contributed by atoms with Crippen LogP contribution >= 0.6 is 11.3 Å². The minimum atomic E-state index is -1.14. The molecule has 6 heteroatoms. The van der Waals surface area contributed by atoms with Crippen LogP contribution in [0.25, 0.3) is 0 Å². The van der Waals surface area contributed by atoms with Crippen LogP contribution in [-0.4, -0.2) is 16.3 Å². The first-order chi connectivity index (χ1) is 9.99. The Hall–Kier alpha value is -1.27. The third-order valence-corrected chi connectivity index (χ3v) is 5.38. The lowest BCUT2D eigenvalue weighted by atomic mass is 10.2. The SMILES string of the molecule is COc1ccc(F)cc1C[S@@](=O)Cc1csc(C(C)C)n1. The van der Waals surface area contributed by atoms with E-state index >= 15 is 0 Å². The predicted molar refractivity (Wildman–Crippen MR) is 84.7 cm³/mol. The summed E-state index contributed by atoms with van der Waals surface area (Å²) in [7, 11) is 0.378. The summed E-state index contributed by atoms with van der Waals surface area (Å²) in [6, 6.07) is 4.26. The zero-order valence-electron chi connectivity index (χ0n) is 12.3. The Morgan fingerprint density at radius 1 is 1.38 bits per heavy atom. The molecule has 1 aromatic carbocycles.